The van der Waals surface area contributed by atoms with E-state index in [1.54, 1.807) is 6.92 Å². The van der Waals surface area contributed by atoms with Crippen molar-refractivity contribution < 1.29 is 9.53 Å². The van der Waals surface area contributed by atoms with Gasteiger partial charge in [-0.2, -0.15) is 0 Å². The summed E-state index contributed by atoms with van der Waals surface area (Å²) < 4.78 is 5.00. The number of hydrogen-bond acceptors (Lipinski definition) is 5. The number of aryl methyl sites for hydroxylation is 1. The van der Waals surface area contributed by atoms with Crippen LogP contribution in [0.25, 0.3) is 0 Å². The van der Waals surface area contributed by atoms with Gasteiger partial charge in [-0.15, -0.1) is 11.3 Å². The summed E-state index contributed by atoms with van der Waals surface area (Å²) >= 11 is 1.52. The Labute approximate surface area is 124 Å². The molecule has 1 saturated carbocycles. The second kappa shape index (κ2) is 5.02. The molecule has 0 atom stereocenters. The van der Waals surface area contributed by atoms with E-state index in [4.69, 9.17) is 4.74 Å². The van der Waals surface area contributed by atoms with E-state index in [1.807, 2.05) is 6.92 Å². The summed E-state index contributed by atoms with van der Waals surface area (Å²) in [6.07, 6.45) is 0. The maximum atomic E-state index is 11.7. The van der Waals surface area contributed by atoms with Crippen LogP contribution in [-0.2, 0) is 4.74 Å². The van der Waals surface area contributed by atoms with Crippen molar-refractivity contribution in [3.05, 3.63) is 10.6 Å². The maximum absolute atomic E-state index is 11.7. The van der Waals surface area contributed by atoms with Gasteiger partial charge in [0.25, 0.3) is 0 Å². The molecule has 0 bridgehead atoms. The summed E-state index contributed by atoms with van der Waals surface area (Å²) in [5.74, 6) is 0.298. The van der Waals surface area contributed by atoms with Gasteiger partial charge in [-0.3, -0.25) is 0 Å². The summed E-state index contributed by atoms with van der Waals surface area (Å²) in [5, 5.41) is 4.18. The molecule has 1 aliphatic rings. The van der Waals surface area contributed by atoms with Gasteiger partial charge in [-0.1, -0.05) is 27.7 Å². The molecule has 2 rings (SSSR count). The van der Waals surface area contributed by atoms with Gasteiger partial charge in [-0.05, 0) is 30.6 Å². The van der Waals surface area contributed by atoms with E-state index < -0.39 is 0 Å². The van der Waals surface area contributed by atoms with Crippen molar-refractivity contribution in [2.75, 3.05) is 18.5 Å². The van der Waals surface area contributed by atoms with E-state index >= 15 is 0 Å². The Morgan fingerprint density at radius 3 is 2.45 bits per heavy atom. The summed E-state index contributed by atoms with van der Waals surface area (Å²) in [6.45, 7) is 14.2. The third-order valence-electron chi connectivity index (χ3n) is 5.04. The molecule has 1 aliphatic carbocycles. The van der Waals surface area contributed by atoms with E-state index in [9.17, 15) is 4.79 Å². The molecule has 20 heavy (non-hydrogen) atoms. The van der Waals surface area contributed by atoms with E-state index in [0.29, 0.717) is 29.0 Å². The lowest BCUT2D eigenvalue weighted by Gasteiger charge is -2.04. The van der Waals surface area contributed by atoms with Crippen LogP contribution in [0.5, 0.6) is 0 Å². The molecule has 1 aromatic rings. The summed E-state index contributed by atoms with van der Waals surface area (Å²) in [7, 11) is 0. The predicted molar refractivity (Wildman–Crippen MR) is 82.3 cm³/mol. The summed E-state index contributed by atoms with van der Waals surface area (Å²) in [6, 6.07) is 0. The molecule has 0 aliphatic heterocycles. The van der Waals surface area contributed by atoms with E-state index in [2.05, 4.69) is 38.0 Å². The Morgan fingerprint density at radius 1 is 1.35 bits per heavy atom. The first-order valence-electron chi connectivity index (χ1n) is 7.10. The highest BCUT2D eigenvalue weighted by Crippen LogP contribution is 2.68. The Hall–Kier alpha value is -1.10. The fraction of sp³-hybridized carbons (Fsp3) is 0.733. The molecule has 0 radical (unpaired) electrons. The van der Waals surface area contributed by atoms with Crippen molar-refractivity contribution in [1.29, 1.82) is 0 Å². The van der Waals surface area contributed by atoms with Crippen molar-refractivity contribution in [1.82, 2.24) is 4.98 Å². The second-order valence-electron chi connectivity index (χ2n) is 6.52. The molecule has 1 heterocycles. The first-order valence-corrected chi connectivity index (χ1v) is 7.92. The average Bonchev–Trinajstić information content (AvgIpc) is 2.61. The number of carbonyl (C=O) groups is 1. The van der Waals surface area contributed by atoms with Gasteiger partial charge >= 0.3 is 5.97 Å². The third-order valence-corrected chi connectivity index (χ3v) is 5.97. The minimum Gasteiger partial charge on any atom is -0.461 e. The lowest BCUT2D eigenvalue weighted by atomic mass is 10.0. The van der Waals surface area contributed by atoms with Gasteiger partial charge in [0.2, 0.25) is 0 Å². The molecule has 1 aromatic heterocycles. The molecule has 4 nitrogen and oxygen atoms in total. The number of ether oxygens (including phenoxy) is 1. The van der Waals surface area contributed by atoms with Crippen molar-refractivity contribution in [3.63, 3.8) is 0 Å². The van der Waals surface area contributed by atoms with Crippen molar-refractivity contribution >= 4 is 22.4 Å². The van der Waals surface area contributed by atoms with Crippen LogP contribution >= 0.6 is 11.3 Å². The van der Waals surface area contributed by atoms with Crippen LogP contribution in [0.1, 0.15) is 50.0 Å². The van der Waals surface area contributed by atoms with Crippen LogP contribution in [0.2, 0.25) is 0 Å². The van der Waals surface area contributed by atoms with Crippen molar-refractivity contribution in [3.8, 4) is 0 Å². The van der Waals surface area contributed by atoms with Gasteiger partial charge in [0, 0.05) is 11.4 Å². The largest absolute Gasteiger partial charge is 0.461 e. The quantitative estimate of drug-likeness (QED) is 0.841. The number of esters is 1. The zero-order chi connectivity index (χ0) is 15.1. The molecule has 0 amide bonds. The number of nitrogens with one attached hydrogen (secondary N) is 1. The van der Waals surface area contributed by atoms with E-state index in [-0.39, 0.29) is 5.97 Å². The number of aromatic nitrogens is 1. The molecule has 0 saturated heterocycles. The van der Waals surface area contributed by atoms with Crippen LogP contribution in [0.4, 0.5) is 5.13 Å². The standard InChI is InChI=1S/C15H24N2O2S/c1-7-19-12(18)11-9(2)20-13(17-11)16-8-10-14(3,4)15(10,5)6/h10H,7-8H2,1-6H3,(H,16,17). The number of hydrogen-bond donors (Lipinski definition) is 1. The molecule has 112 valence electrons. The fourth-order valence-corrected chi connectivity index (χ4v) is 3.70. The molecule has 0 spiro atoms. The Morgan fingerprint density at radius 2 is 1.95 bits per heavy atom. The zero-order valence-electron chi connectivity index (χ0n) is 13.2. The minimum atomic E-state index is -0.332. The van der Waals surface area contributed by atoms with Crippen molar-refractivity contribution in [2.24, 2.45) is 16.7 Å². The molecular formula is C15H24N2O2S. The number of thiazole rings is 1. The number of rotatable bonds is 5. The Balaban J connectivity index is 1.99. The molecular weight excluding hydrogens is 272 g/mol. The highest BCUT2D eigenvalue weighted by molar-refractivity contribution is 7.15. The Bertz CT molecular complexity index is 506. The Kier molecular flexibility index (Phi) is 3.84. The van der Waals surface area contributed by atoms with Crippen LogP contribution in [0.15, 0.2) is 0 Å². The lowest BCUT2D eigenvalue weighted by molar-refractivity contribution is 0.0519. The van der Waals surface area contributed by atoms with Gasteiger partial charge in [0.05, 0.1) is 6.61 Å². The zero-order valence-corrected chi connectivity index (χ0v) is 14.0. The first kappa shape index (κ1) is 15.3. The van der Waals surface area contributed by atoms with Gasteiger partial charge in [0.1, 0.15) is 0 Å². The summed E-state index contributed by atoms with van der Waals surface area (Å²) in [4.78, 5) is 17.0. The van der Waals surface area contributed by atoms with Crippen LogP contribution in [0.3, 0.4) is 0 Å². The minimum absolute atomic E-state index is 0.332. The third kappa shape index (κ3) is 2.43. The highest BCUT2D eigenvalue weighted by atomic mass is 32.1. The molecule has 1 fully saturated rings. The summed E-state index contributed by atoms with van der Waals surface area (Å²) in [5.41, 5.74) is 1.15. The first-order chi connectivity index (χ1) is 9.21. The fourth-order valence-electron chi connectivity index (χ4n) is 2.89. The van der Waals surface area contributed by atoms with Crippen LogP contribution < -0.4 is 5.32 Å². The lowest BCUT2D eigenvalue weighted by Crippen LogP contribution is -2.09. The topological polar surface area (TPSA) is 51.2 Å². The maximum Gasteiger partial charge on any atom is 0.358 e. The monoisotopic (exact) mass is 296 g/mol. The second-order valence-corrected chi connectivity index (χ2v) is 7.72. The molecule has 0 aromatic carbocycles. The molecule has 5 heteroatoms. The van der Waals surface area contributed by atoms with Gasteiger partial charge in [-0.25, -0.2) is 9.78 Å². The normalized spacial score (nSPS) is 19.7. The number of anilines is 1. The molecule has 1 N–H and O–H groups in total. The number of nitrogens with zero attached hydrogens (tertiary/aromatic N) is 1. The van der Waals surface area contributed by atoms with Crippen LogP contribution in [0, 0.1) is 23.7 Å². The SMILES string of the molecule is CCOC(=O)c1nc(NCC2C(C)(C)C2(C)C)sc1C. The smallest absolute Gasteiger partial charge is 0.358 e. The van der Waals surface area contributed by atoms with Gasteiger partial charge in [0.15, 0.2) is 10.8 Å². The van der Waals surface area contributed by atoms with Crippen molar-refractivity contribution in [2.45, 2.75) is 41.5 Å². The molecule has 0 unspecified atom stereocenters. The highest BCUT2D eigenvalue weighted by Gasteiger charge is 2.64. The van der Waals surface area contributed by atoms with E-state index in [1.165, 1.54) is 11.3 Å². The van der Waals surface area contributed by atoms with E-state index in [0.717, 1.165) is 16.6 Å². The number of carbonyl (C=O) groups excluding carboxylic acids is 1. The average molecular weight is 296 g/mol. The van der Waals surface area contributed by atoms with Crippen LogP contribution in [-0.4, -0.2) is 24.1 Å². The predicted octanol–water partition coefficient (Wildman–Crippen LogP) is 3.72. The van der Waals surface area contributed by atoms with Gasteiger partial charge < -0.3 is 10.1 Å².